The molecule has 5 aliphatic rings. The Labute approximate surface area is 423 Å². The average molecular weight is 1010 g/mol. The number of nitrogens with zero attached hydrogens (tertiary/aromatic N) is 11. The van der Waals surface area contributed by atoms with Gasteiger partial charge in [0, 0.05) is 130 Å². The van der Waals surface area contributed by atoms with Gasteiger partial charge in [0.25, 0.3) is 5.91 Å². The van der Waals surface area contributed by atoms with Crippen LogP contribution >= 0.6 is 11.6 Å². The van der Waals surface area contributed by atoms with E-state index in [9.17, 15) is 28.0 Å². The number of piperidine rings is 2. The fourth-order valence-electron chi connectivity index (χ4n) is 12.5. The van der Waals surface area contributed by atoms with Crippen molar-refractivity contribution in [1.29, 1.82) is 5.26 Å². The van der Waals surface area contributed by atoms with Crippen LogP contribution in [0.5, 0.6) is 5.75 Å². The summed E-state index contributed by atoms with van der Waals surface area (Å²) in [5.41, 5.74) is 3.20. The van der Waals surface area contributed by atoms with Crippen molar-refractivity contribution >= 4 is 40.9 Å². The molecule has 2 amide bonds. The van der Waals surface area contributed by atoms with Gasteiger partial charge in [-0.05, 0) is 79.8 Å². The van der Waals surface area contributed by atoms with Gasteiger partial charge in [-0.2, -0.15) is 28.6 Å². The molecular weight excluding hydrogens is 945 g/mol. The molecule has 15 nitrogen and oxygen atoms in total. The van der Waals surface area contributed by atoms with Crippen LogP contribution in [-0.4, -0.2) is 109 Å². The number of hydrogen-bond donors (Lipinski definition) is 1. The fraction of sp³-hybridized carbons (Fsp3) is 0.528. The normalized spacial score (nSPS) is 21.4. The van der Waals surface area contributed by atoms with E-state index in [2.05, 4.69) is 68.6 Å². The number of nitriles is 1. The topological polar surface area (TPSA) is 154 Å². The quantitative estimate of drug-likeness (QED) is 0.143. The number of aryl methyl sites for hydroxylation is 2. The van der Waals surface area contributed by atoms with Crippen LogP contribution in [0.1, 0.15) is 111 Å². The number of halogens is 4. The van der Waals surface area contributed by atoms with Gasteiger partial charge in [-0.15, -0.1) is 0 Å². The molecule has 0 atom stereocenters. The first-order valence-electron chi connectivity index (χ1n) is 25.1. The molecule has 4 aliphatic heterocycles. The van der Waals surface area contributed by atoms with Gasteiger partial charge in [0.1, 0.15) is 17.9 Å². The summed E-state index contributed by atoms with van der Waals surface area (Å²) in [6.45, 7) is 15.8. The van der Waals surface area contributed by atoms with Crippen molar-refractivity contribution in [2.75, 3.05) is 55.6 Å². The van der Waals surface area contributed by atoms with E-state index in [-0.39, 0.29) is 35.6 Å². The molecule has 3 aromatic heterocycles. The summed E-state index contributed by atoms with van der Waals surface area (Å²) in [4.78, 5) is 44.1. The Morgan fingerprint density at radius 3 is 2.31 bits per heavy atom. The average Bonchev–Trinajstić information content (AvgIpc) is 3.97. The highest BCUT2D eigenvalue weighted by Gasteiger charge is 2.64. The largest absolute Gasteiger partial charge is 0.489 e. The van der Waals surface area contributed by atoms with E-state index in [4.69, 9.17) is 21.4 Å². The SMILES string of the molecule is CC(=O)N1CCc2c(c(N3CCCc4cc(-c5cnn(C)c5)c(C(F)(F)F)cc43)nn2C2CCN(CC3CCN(c4ncc(C(=O)NC5C(C)(C)C(Oc6ccc(C#N)c(Cl)c6)C5(C)C)cn4)CC3)CC2)C1. The van der Waals surface area contributed by atoms with E-state index >= 15 is 0 Å². The first-order valence-corrected chi connectivity index (χ1v) is 25.5. The lowest BCUT2D eigenvalue weighted by Crippen LogP contribution is -2.74. The Morgan fingerprint density at radius 2 is 1.67 bits per heavy atom. The predicted octanol–water partition coefficient (Wildman–Crippen LogP) is 8.77. The maximum absolute atomic E-state index is 14.8. The highest BCUT2D eigenvalue weighted by atomic mass is 35.5. The minimum atomic E-state index is -4.58. The van der Waals surface area contributed by atoms with Gasteiger partial charge in [-0.1, -0.05) is 39.3 Å². The van der Waals surface area contributed by atoms with Crippen LogP contribution in [0.25, 0.3) is 11.1 Å². The van der Waals surface area contributed by atoms with E-state index in [1.165, 1.54) is 16.9 Å². The van der Waals surface area contributed by atoms with Crippen LogP contribution in [-0.2, 0) is 37.4 Å². The summed E-state index contributed by atoms with van der Waals surface area (Å²) in [5, 5.41) is 22.3. The van der Waals surface area contributed by atoms with Crippen LogP contribution in [0.15, 0.2) is 55.1 Å². The van der Waals surface area contributed by atoms with Crippen LogP contribution in [0, 0.1) is 28.1 Å². The number of likely N-dealkylation sites (tertiary alicyclic amines) is 1. The molecule has 3 fully saturated rings. The molecule has 380 valence electrons. The van der Waals surface area contributed by atoms with E-state index in [0.29, 0.717) is 83.3 Å². The Kier molecular flexibility index (Phi) is 13.0. The minimum absolute atomic E-state index is 0.0304. The van der Waals surface area contributed by atoms with Gasteiger partial charge in [0.05, 0.1) is 40.5 Å². The number of benzene rings is 2. The van der Waals surface area contributed by atoms with Crippen molar-refractivity contribution < 1.29 is 27.5 Å². The Hall–Kier alpha value is -6.19. The second kappa shape index (κ2) is 19.0. The number of fused-ring (bicyclic) bond motifs is 2. The third-order valence-corrected chi connectivity index (χ3v) is 16.4. The Morgan fingerprint density at radius 1 is 0.944 bits per heavy atom. The van der Waals surface area contributed by atoms with Crippen LogP contribution in [0.3, 0.4) is 0 Å². The van der Waals surface area contributed by atoms with Crippen LogP contribution in [0.2, 0.25) is 5.02 Å². The predicted molar refractivity (Wildman–Crippen MR) is 267 cm³/mol. The number of alkyl halides is 3. The lowest BCUT2D eigenvalue weighted by molar-refractivity contribution is -0.164. The fourth-order valence-corrected chi connectivity index (χ4v) is 12.8. The van der Waals surface area contributed by atoms with Crippen LogP contribution in [0.4, 0.5) is 30.6 Å². The lowest BCUT2D eigenvalue weighted by Gasteiger charge is -2.63. The summed E-state index contributed by atoms with van der Waals surface area (Å²) in [5.74, 6) is 2.09. The van der Waals surface area contributed by atoms with Crippen molar-refractivity contribution in [2.24, 2.45) is 23.8 Å². The minimum Gasteiger partial charge on any atom is -0.489 e. The lowest BCUT2D eigenvalue weighted by atomic mass is 9.49. The standard InChI is InChI=1S/C53H62ClF3N12O3/c1-32(70)67-21-15-44-41(31-67)46(68-16-7-8-34-22-40(37-28-61-64(6)30-37)42(24-45(34)68)53(55,56)57)63-69(44)38-13-17-65(18-14-38)29-33-11-19-66(20-12-33)50-59-26-36(27-60-50)47(71)62-48-51(2,3)49(52(48,4)5)72-39-10-9-35(25-58)43(54)23-39/h9-10,22-24,26-28,30,33,38,48-49H,7-8,11-21,29,31H2,1-6H3,(H,62,71). The highest BCUT2D eigenvalue weighted by molar-refractivity contribution is 6.31. The summed E-state index contributed by atoms with van der Waals surface area (Å²) >= 11 is 6.27. The number of hydrogen-bond acceptors (Lipinski definition) is 11. The van der Waals surface area contributed by atoms with E-state index in [0.717, 1.165) is 81.6 Å². The molecule has 1 aliphatic carbocycles. The smallest absolute Gasteiger partial charge is 0.417 e. The van der Waals surface area contributed by atoms with Gasteiger partial charge in [-0.25, -0.2) is 9.97 Å². The summed E-state index contributed by atoms with van der Waals surface area (Å²) in [6.07, 6.45) is 7.34. The number of amides is 2. The third kappa shape index (κ3) is 9.27. The Bertz CT molecular complexity index is 2890. The maximum atomic E-state index is 14.8. The molecule has 5 aromatic rings. The summed E-state index contributed by atoms with van der Waals surface area (Å²) in [6, 6.07) is 10.0. The zero-order valence-corrected chi connectivity index (χ0v) is 42.5. The second-order valence-electron chi connectivity index (χ2n) is 21.6. The van der Waals surface area contributed by atoms with Crippen molar-refractivity contribution in [3.8, 4) is 22.9 Å². The van der Waals surface area contributed by atoms with Crippen molar-refractivity contribution in [3.63, 3.8) is 0 Å². The summed E-state index contributed by atoms with van der Waals surface area (Å²) in [7, 11) is 1.70. The molecule has 0 bridgehead atoms. The highest BCUT2D eigenvalue weighted by Crippen LogP contribution is 2.56. The second-order valence-corrected chi connectivity index (χ2v) is 22.0. The van der Waals surface area contributed by atoms with Gasteiger partial charge in [0.15, 0.2) is 5.82 Å². The molecule has 0 spiro atoms. The van der Waals surface area contributed by atoms with Crippen molar-refractivity contribution in [1.82, 2.24) is 44.6 Å². The van der Waals surface area contributed by atoms with Gasteiger partial charge in [-0.3, -0.25) is 19.0 Å². The first-order chi connectivity index (χ1) is 34.3. The molecule has 1 N–H and O–H groups in total. The number of carbonyl (C=O) groups is 2. The van der Waals surface area contributed by atoms with Crippen molar-refractivity contribution in [2.45, 2.75) is 110 Å². The molecule has 10 rings (SSSR count). The molecule has 72 heavy (non-hydrogen) atoms. The maximum Gasteiger partial charge on any atom is 0.417 e. The number of anilines is 3. The molecule has 7 heterocycles. The van der Waals surface area contributed by atoms with E-state index < -0.39 is 22.6 Å². The molecule has 1 saturated carbocycles. The summed E-state index contributed by atoms with van der Waals surface area (Å²) < 4.78 is 54.5. The number of ether oxygens (including phenoxy) is 1. The molecule has 0 radical (unpaired) electrons. The monoisotopic (exact) mass is 1010 g/mol. The third-order valence-electron chi connectivity index (χ3n) is 16.1. The number of aromatic nitrogens is 6. The molecule has 2 saturated heterocycles. The molecular formula is C53H62ClF3N12O3. The van der Waals surface area contributed by atoms with Gasteiger partial charge >= 0.3 is 6.18 Å². The number of rotatable bonds is 10. The van der Waals surface area contributed by atoms with Gasteiger partial charge < -0.3 is 29.7 Å². The van der Waals surface area contributed by atoms with Crippen LogP contribution < -0.4 is 19.9 Å². The molecule has 0 unspecified atom stereocenters. The zero-order chi connectivity index (χ0) is 50.9. The first kappa shape index (κ1) is 49.4. The molecule has 2 aromatic carbocycles. The Balaban J connectivity index is 0.751. The van der Waals surface area contributed by atoms with E-state index in [1.54, 1.807) is 56.8 Å². The van der Waals surface area contributed by atoms with Gasteiger partial charge in [0.2, 0.25) is 11.9 Å². The zero-order valence-electron chi connectivity index (χ0n) is 41.8. The molecule has 19 heteroatoms. The van der Waals surface area contributed by atoms with E-state index in [1.807, 2.05) is 9.80 Å². The number of nitrogens with one attached hydrogen (secondary N) is 1. The number of carbonyl (C=O) groups excluding carboxylic acids is 2. The van der Waals surface area contributed by atoms with Crippen molar-refractivity contribution in [3.05, 3.63) is 93.7 Å².